The molecule has 154 valence electrons. The maximum atomic E-state index is 12.1. The van der Waals surface area contributed by atoms with Crippen LogP contribution in [0.25, 0.3) is 11.1 Å². The molecule has 31 heavy (non-hydrogen) atoms. The molecule has 1 aliphatic rings. The van der Waals surface area contributed by atoms with E-state index in [1.54, 1.807) is 0 Å². The number of benzene rings is 3. The molecule has 0 unspecified atom stereocenters. The van der Waals surface area contributed by atoms with Crippen LogP contribution in [0.3, 0.4) is 0 Å². The number of rotatable bonds is 4. The normalized spacial score (nSPS) is 11.6. The molecule has 0 heterocycles. The minimum atomic E-state index is -1.21. The minimum absolute atomic E-state index is 0.0139. The van der Waals surface area contributed by atoms with Gasteiger partial charge in [-0.2, -0.15) is 0 Å². The number of phenols is 1. The Morgan fingerprint density at radius 1 is 0.968 bits per heavy atom. The van der Waals surface area contributed by atoms with Crippen LogP contribution < -0.4 is 5.32 Å². The van der Waals surface area contributed by atoms with E-state index in [1.165, 1.54) is 18.2 Å². The van der Waals surface area contributed by atoms with E-state index in [9.17, 15) is 14.7 Å². The van der Waals surface area contributed by atoms with Gasteiger partial charge >= 0.3 is 12.1 Å². The third-order valence-electron chi connectivity index (χ3n) is 5.13. The van der Waals surface area contributed by atoms with Crippen molar-refractivity contribution in [3.63, 3.8) is 0 Å². The maximum absolute atomic E-state index is 12.1. The van der Waals surface area contributed by atoms with E-state index in [-0.39, 0.29) is 30.4 Å². The zero-order valence-corrected chi connectivity index (χ0v) is 16.5. The molecule has 0 atom stereocenters. The molecule has 0 radical (unpaired) electrons. The van der Waals surface area contributed by atoms with Gasteiger partial charge in [0, 0.05) is 11.5 Å². The predicted molar refractivity (Wildman–Crippen MR) is 115 cm³/mol. The molecule has 6 heteroatoms. The Morgan fingerprint density at radius 3 is 2.23 bits per heavy atom. The average molecular weight is 413 g/mol. The van der Waals surface area contributed by atoms with Crippen molar-refractivity contribution in [3.05, 3.63) is 89.0 Å². The van der Waals surface area contributed by atoms with E-state index < -0.39 is 12.1 Å². The van der Waals surface area contributed by atoms with Crippen LogP contribution in [0.15, 0.2) is 66.7 Å². The van der Waals surface area contributed by atoms with Crippen LogP contribution in [0.5, 0.6) is 5.75 Å². The topological polar surface area (TPSA) is 95.9 Å². The highest BCUT2D eigenvalue weighted by atomic mass is 16.5. The van der Waals surface area contributed by atoms with Gasteiger partial charge < -0.3 is 20.3 Å². The Morgan fingerprint density at radius 2 is 1.61 bits per heavy atom. The third-order valence-corrected chi connectivity index (χ3v) is 5.13. The van der Waals surface area contributed by atoms with Gasteiger partial charge in [-0.25, -0.2) is 9.59 Å². The van der Waals surface area contributed by atoms with Crippen molar-refractivity contribution in [3.8, 4) is 28.7 Å². The molecular weight excluding hydrogens is 394 g/mol. The lowest BCUT2D eigenvalue weighted by atomic mass is 9.98. The van der Waals surface area contributed by atoms with Gasteiger partial charge in [-0.15, -0.1) is 0 Å². The molecule has 6 nitrogen and oxygen atoms in total. The van der Waals surface area contributed by atoms with Crippen molar-refractivity contribution >= 4 is 12.1 Å². The summed E-state index contributed by atoms with van der Waals surface area (Å²) in [4.78, 5) is 23.0. The summed E-state index contributed by atoms with van der Waals surface area (Å²) in [6, 6.07) is 20.2. The first-order chi connectivity index (χ1) is 15.0. The van der Waals surface area contributed by atoms with Crippen LogP contribution in [0.1, 0.15) is 33.0 Å². The molecule has 1 amide bonds. The number of ether oxygens (including phenoxy) is 1. The summed E-state index contributed by atoms with van der Waals surface area (Å²) in [5, 5.41) is 21.2. The number of carbonyl (C=O) groups excluding carboxylic acids is 1. The monoisotopic (exact) mass is 413 g/mol. The fourth-order valence-electron chi connectivity index (χ4n) is 3.70. The van der Waals surface area contributed by atoms with Crippen molar-refractivity contribution in [2.24, 2.45) is 0 Å². The molecule has 0 spiro atoms. The van der Waals surface area contributed by atoms with E-state index in [0.717, 1.165) is 22.3 Å². The quantitative estimate of drug-likeness (QED) is 0.563. The Labute approximate surface area is 179 Å². The SMILES string of the molecule is O=C(NCC#Cc1ccc(C(=O)O)c(O)c1)OCC1c2ccccc2-c2ccccc21. The highest BCUT2D eigenvalue weighted by Gasteiger charge is 2.28. The summed E-state index contributed by atoms with van der Waals surface area (Å²) >= 11 is 0. The summed E-state index contributed by atoms with van der Waals surface area (Å²) in [6.45, 7) is 0.274. The number of carboxylic acids is 1. The fourth-order valence-corrected chi connectivity index (χ4v) is 3.70. The summed E-state index contributed by atoms with van der Waals surface area (Å²) in [6.07, 6.45) is -0.569. The van der Waals surface area contributed by atoms with Crippen molar-refractivity contribution in [1.29, 1.82) is 0 Å². The standard InChI is InChI=1S/C25H19NO5/c27-23-14-16(11-12-21(23)24(28)29)6-5-13-26-25(30)31-15-22-19-9-3-1-7-17(19)18-8-2-4-10-20(18)22/h1-4,7-12,14,22,27H,13,15H2,(H,26,30)(H,28,29). The van der Waals surface area contributed by atoms with Gasteiger partial charge in [0.05, 0.1) is 6.54 Å². The van der Waals surface area contributed by atoms with E-state index >= 15 is 0 Å². The van der Waals surface area contributed by atoms with Crippen molar-refractivity contribution in [1.82, 2.24) is 5.32 Å². The lowest BCUT2D eigenvalue weighted by Gasteiger charge is -2.14. The number of hydrogen-bond acceptors (Lipinski definition) is 4. The molecule has 1 aliphatic carbocycles. The molecule has 0 bridgehead atoms. The number of amides is 1. The second-order valence-electron chi connectivity index (χ2n) is 7.02. The van der Waals surface area contributed by atoms with Crippen LogP contribution >= 0.6 is 0 Å². The second kappa shape index (κ2) is 8.64. The number of carbonyl (C=O) groups is 2. The van der Waals surface area contributed by atoms with Crippen molar-refractivity contribution in [2.75, 3.05) is 13.2 Å². The first kappa shape index (κ1) is 20.0. The summed E-state index contributed by atoms with van der Waals surface area (Å²) in [5.74, 6) is 3.92. The molecule has 3 aromatic carbocycles. The molecule has 0 saturated carbocycles. The van der Waals surface area contributed by atoms with Crippen LogP contribution in [0.2, 0.25) is 0 Å². The van der Waals surface area contributed by atoms with Crippen LogP contribution in [0, 0.1) is 11.8 Å². The number of nitrogens with one attached hydrogen (secondary N) is 1. The van der Waals surface area contributed by atoms with Gasteiger partial charge in [0.25, 0.3) is 0 Å². The van der Waals surface area contributed by atoms with Gasteiger partial charge in [-0.05, 0) is 40.5 Å². The van der Waals surface area contributed by atoms with Gasteiger partial charge in [-0.3, -0.25) is 0 Å². The van der Waals surface area contributed by atoms with Crippen molar-refractivity contribution < 1.29 is 24.5 Å². The molecule has 0 aliphatic heterocycles. The molecule has 0 aromatic heterocycles. The zero-order chi connectivity index (χ0) is 21.8. The van der Waals surface area contributed by atoms with Crippen molar-refractivity contribution in [2.45, 2.75) is 5.92 Å². The van der Waals surface area contributed by atoms with E-state index in [4.69, 9.17) is 9.84 Å². The van der Waals surface area contributed by atoms with Crippen LogP contribution in [-0.4, -0.2) is 35.4 Å². The lowest BCUT2D eigenvalue weighted by Crippen LogP contribution is -2.26. The van der Waals surface area contributed by atoms with E-state index in [1.807, 2.05) is 24.3 Å². The smallest absolute Gasteiger partial charge is 0.407 e. The van der Waals surface area contributed by atoms with E-state index in [2.05, 4.69) is 41.4 Å². The first-order valence-corrected chi connectivity index (χ1v) is 9.68. The Kier molecular flexibility index (Phi) is 5.59. The number of hydrogen-bond donors (Lipinski definition) is 3. The summed E-state index contributed by atoms with van der Waals surface area (Å²) in [5.41, 5.74) is 4.85. The first-order valence-electron chi connectivity index (χ1n) is 9.68. The van der Waals surface area contributed by atoms with Gasteiger partial charge in [0.15, 0.2) is 0 Å². The summed E-state index contributed by atoms with van der Waals surface area (Å²) < 4.78 is 5.43. The molecular formula is C25H19NO5. The number of aromatic hydroxyl groups is 1. The maximum Gasteiger partial charge on any atom is 0.407 e. The number of carboxylic acid groups (broad SMARTS) is 1. The zero-order valence-electron chi connectivity index (χ0n) is 16.5. The van der Waals surface area contributed by atoms with Gasteiger partial charge in [0.1, 0.15) is 17.9 Å². The fraction of sp³-hybridized carbons (Fsp3) is 0.120. The minimum Gasteiger partial charge on any atom is -0.507 e. The number of fused-ring (bicyclic) bond motifs is 3. The Bertz CT molecular complexity index is 1180. The molecule has 0 saturated heterocycles. The van der Waals surface area contributed by atoms with Crippen LogP contribution in [-0.2, 0) is 4.74 Å². The Hall–Kier alpha value is -4.24. The molecule has 4 rings (SSSR count). The van der Waals surface area contributed by atoms with E-state index in [0.29, 0.717) is 5.56 Å². The lowest BCUT2D eigenvalue weighted by molar-refractivity contribution is 0.0693. The van der Waals surface area contributed by atoms with Gasteiger partial charge in [-0.1, -0.05) is 60.4 Å². The molecule has 3 N–H and O–H groups in total. The number of alkyl carbamates (subject to hydrolysis) is 1. The van der Waals surface area contributed by atoms with Gasteiger partial charge in [0.2, 0.25) is 0 Å². The largest absolute Gasteiger partial charge is 0.507 e. The van der Waals surface area contributed by atoms with Crippen LogP contribution in [0.4, 0.5) is 4.79 Å². The molecule has 3 aromatic rings. The Balaban J connectivity index is 1.34. The second-order valence-corrected chi connectivity index (χ2v) is 7.02. The predicted octanol–water partition coefficient (Wildman–Crippen LogP) is 3.98. The summed E-state index contributed by atoms with van der Waals surface area (Å²) in [7, 11) is 0. The number of aromatic carboxylic acids is 1. The highest BCUT2D eigenvalue weighted by molar-refractivity contribution is 5.91. The molecule has 0 fully saturated rings. The highest BCUT2D eigenvalue weighted by Crippen LogP contribution is 2.44. The average Bonchev–Trinajstić information content (AvgIpc) is 3.09. The third kappa shape index (κ3) is 4.21.